The van der Waals surface area contributed by atoms with Gasteiger partial charge in [0.05, 0.1) is 5.52 Å². The molecule has 1 amide bonds. The summed E-state index contributed by atoms with van der Waals surface area (Å²) in [4.78, 5) is 21.9. The van der Waals surface area contributed by atoms with Crippen LogP contribution in [0.25, 0.3) is 16.6 Å². The van der Waals surface area contributed by atoms with Gasteiger partial charge in [0.15, 0.2) is 11.5 Å². The lowest BCUT2D eigenvalue weighted by atomic mass is 9.71. The SMILES string of the molecule is O=C(c1ccc2cccnc2c1)N1CC(CO)C2(CCN(c3ccc4nnnn4n3)CC2)C1. The van der Waals surface area contributed by atoms with Gasteiger partial charge in [0, 0.05) is 55.9 Å². The van der Waals surface area contributed by atoms with Crippen molar-refractivity contribution in [3.05, 3.63) is 54.2 Å². The summed E-state index contributed by atoms with van der Waals surface area (Å²) in [7, 11) is 0. The van der Waals surface area contributed by atoms with Gasteiger partial charge in [0.1, 0.15) is 0 Å². The molecule has 1 N–H and O–H groups in total. The predicted octanol–water partition coefficient (Wildman–Crippen LogP) is 1.42. The van der Waals surface area contributed by atoms with Crippen LogP contribution in [0, 0.1) is 11.3 Å². The third-order valence-corrected chi connectivity index (χ3v) is 7.31. The van der Waals surface area contributed by atoms with Crippen LogP contribution in [0.4, 0.5) is 5.82 Å². The minimum Gasteiger partial charge on any atom is -0.396 e. The van der Waals surface area contributed by atoms with Crippen molar-refractivity contribution in [2.45, 2.75) is 12.8 Å². The summed E-state index contributed by atoms with van der Waals surface area (Å²) in [5, 5.41) is 27.1. The molecule has 3 aromatic heterocycles. The van der Waals surface area contributed by atoms with Crippen molar-refractivity contribution in [2.24, 2.45) is 11.3 Å². The second kappa shape index (κ2) is 7.73. The molecule has 4 aromatic rings. The number of nitrogens with zero attached hydrogens (tertiary/aromatic N) is 8. The number of tetrazole rings is 1. The number of hydrogen-bond acceptors (Lipinski definition) is 8. The number of fused-ring (bicyclic) bond motifs is 2. The van der Waals surface area contributed by atoms with Crippen LogP contribution < -0.4 is 4.90 Å². The van der Waals surface area contributed by atoms with Crippen LogP contribution in [0.3, 0.4) is 0 Å². The highest BCUT2D eigenvalue weighted by molar-refractivity contribution is 5.98. The summed E-state index contributed by atoms with van der Waals surface area (Å²) >= 11 is 0. The Bertz CT molecular complexity index is 1330. The molecule has 0 radical (unpaired) electrons. The highest BCUT2D eigenvalue weighted by atomic mass is 16.3. The minimum atomic E-state index is -0.0884. The number of aliphatic hydroxyl groups is 1. The van der Waals surface area contributed by atoms with E-state index in [4.69, 9.17) is 0 Å². The maximum absolute atomic E-state index is 13.3. The van der Waals surface area contributed by atoms with Crippen LogP contribution in [0.15, 0.2) is 48.7 Å². The third-order valence-electron chi connectivity index (χ3n) is 7.31. The molecule has 33 heavy (non-hydrogen) atoms. The topological polar surface area (TPSA) is 113 Å². The van der Waals surface area contributed by atoms with Crippen LogP contribution in [-0.4, -0.2) is 78.9 Å². The quantitative estimate of drug-likeness (QED) is 0.505. The first-order valence-electron chi connectivity index (χ1n) is 11.2. The summed E-state index contributed by atoms with van der Waals surface area (Å²) < 4.78 is 1.44. The molecular weight excluding hydrogens is 420 g/mol. The Balaban J connectivity index is 1.19. The summed E-state index contributed by atoms with van der Waals surface area (Å²) in [6, 6.07) is 13.3. The molecule has 0 aliphatic carbocycles. The zero-order valence-corrected chi connectivity index (χ0v) is 18.1. The van der Waals surface area contributed by atoms with Crippen LogP contribution >= 0.6 is 0 Å². The van der Waals surface area contributed by atoms with Gasteiger partial charge in [0.2, 0.25) is 0 Å². The summed E-state index contributed by atoms with van der Waals surface area (Å²) in [5.74, 6) is 0.906. The van der Waals surface area contributed by atoms with Crippen molar-refractivity contribution >= 4 is 28.3 Å². The van der Waals surface area contributed by atoms with Crippen LogP contribution in [0.2, 0.25) is 0 Å². The van der Waals surface area contributed by atoms with E-state index in [1.807, 2.05) is 47.4 Å². The van der Waals surface area contributed by atoms with Gasteiger partial charge in [-0.15, -0.1) is 14.8 Å². The molecule has 5 heterocycles. The summed E-state index contributed by atoms with van der Waals surface area (Å²) in [5.41, 5.74) is 1.98. The lowest BCUT2D eigenvalue weighted by Crippen LogP contribution is -2.45. The van der Waals surface area contributed by atoms with Gasteiger partial charge in [-0.3, -0.25) is 9.78 Å². The number of benzene rings is 1. The van der Waals surface area contributed by atoms with Crippen molar-refractivity contribution in [2.75, 3.05) is 37.7 Å². The molecule has 2 aliphatic rings. The normalized spacial score (nSPS) is 20.2. The number of rotatable bonds is 3. The van der Waals surface area contributed by atoms with Crippen molar-refractivity contribution < 1.29 is 9.90 Å². The van der Waals surface area contributed by atoms with E-state index < -0.39 is 0 Å². The highest BCUT2D eigenvalue weighted by Crippen LogP contribution is 2.45. The Morgan fingerprint density at radius 1 is 1.15 bits per heavy atom. The molecule has 1 spiro atoms. The molecule has 2 saturated heterocycles. The summed E-state index contributed by atoms with van der Waals surface area (Å²) in [6.07, 6.45) is 3.51. The van der Waals surface area contributed by atoms with Crippen molar-refractivity contribution in [1.29, 1.82) is 0 Å². The Kier molecular flexibility index (Phi) is 4.68. The van der Waals surface area contributed by atoms with E-state index in [0.717, 1.165) is 42.7 Å². The van der Waals surface area contributed by atoms with Gasteiger partial charge in [-0.1, -0.05) is 12.1 Å². The maximum atomic E-state index is 13.3. The van der Waals surface area contributed by atoms with Gasteiger partial charge >= 0.3 is 0 Å². The Morgan fingerprint density at radius 3 is 2.88 bits per heavy atom. The first-order chi connectivity index (χ1) is 16.1. The molecule has 2 fully saturated rings. The largest absolute Gasteiger partial charge is 0.396 e. The number of anilines is 1. The van der Waals surface area contributed by atoms with E-state index in [0.29, 0.717) is 24.3 Å². The lowest BCUT2D eigenvalue weighted by molar-refractivity contribution is 0.0761. The fraction of sp³-hybridized carbons (Fsp3) is 0.391. The fourth-order valence-electron chi connectivity index (χ4n) is 5.38. The highest BCUT2D eigenvalue weighted by Gasteiger charge is 2.49. The second-order valence-electron chi connectivity index (χ2n) is 9.04. The molecule has 1 aromatic carbocycles. The molecule has 2 aliphatic heterocycles. The maximum Gasteiger partial charge on any atom is 0.253 e. The predicted molar refractivity (Wildman–Crippen MR) is 121 cm³/mol. The smallest absolute Gasteiger partial charge is 0.253 e. The number of aromatic nitrogens is 6. The average molecular weight is 444 g/mol. The van der Waals surface area contributed by atoms with Gasteiger partial charge < -0.3 is 14.9 Å². The minimum absolute atomic E-state index is 0.00566. The Labute approximate surface area is 189 Å². The standard InChI is InChI=1S/C23H24N8O2/c32-14-18-13-30(22(33)17-4-3-16-2-1-9-24-19(16)12-17)15-23(18)7-10-29(11-8-23)21-6-5-20-25-27-28-31(20)26-21/h1-6,9,12,18,32H,7-8,10-11,13-15H2. The van der Waals surface area contributed by atoms with Crippen molar-refractivity contribution in [1.82, 2.24) is 35.1 Å². The lowest BCUT2D eigenvalue weighted by Gasteiger charge is -2.42. The molecular formula is C23H24N8O2. The number of carbonyl (C=O) groups is 1. The fourth-order valence-corrected chi connectivity index (χ4v) is 5.38. The monoisotopic (exact) mass is 444 g/mol. The molecule has 1 unspecified atom stereocenters. The van der Waals surface area contributed by atoms with Crippen molar-refractivity contribution in [3.8, 4) is 0 Å². The molecule has 10 nitrogen and oxygen atoms in total. The molecule has 0 saturated carbocycles. The number of likely N-dealkylation sites (tertiary alicyclic amines) is 1. The van der Waals surface area contributed by atoms with E-state index in [1.54, 1.807) is 6.20 Å². The van der Waals surface area contributed by atoms with E-state index in [2.05, 4.69) is 30.5 Å². The molecule has 6 rings (SSSR count). The number of piperidine rings is 1. The number of carbonyl (C=O) groups excluding carboxylic acids is 1. The first-order valence-corrected chi connectivity index (χ1v) is 11.2. The van der Waals surface area contributed by atoms with Crippen molar-refractivity contribution in [3.63, 3.8) is 0 Å². The van der Waals surface area contributed by atoms with E-state index in [1.165, 1.54) is 4.63 Å². The number of hydrogen-bond donors (Lipinski definition) is 1. The van der Waals surface area contributed by atoms with Gasteiger partial charge in [-0.25, -0.2) is 0 Å². The molecule has 168 valence electrons. The first kappa shape index (κ1) is 20.0. The van der Waals surface area contributed by atoms with E-state index in [-0.39, 0.29) is 23.8 Å². The van der Waals surface area contributed by atoms with Crippen LogP contribution in [-0.2, 0) is 0 Å². The zero-order chi connectivity index (χ0) is 22.4. The average Bonchev–Trinajstić information content (AvgIpc) is 3.48. The third kappa shape index (κ3) is 3.37. The molecule has 0 bridgehead atoms. The number of aliphatic hydroxyl groups excluding tert-OH is 1. The summed E-state index contributed by atoms with van der Waals surface area (Å²) in [6.45, 7) is 2.92. The Morgan fingerprint density at radius 2 is 2.03 bits per heavy atom. The number of amides is 1. The Hall–Kier alpha value is -3.66. The molecule has 10 heteroatoms. The van der Waals surface area contributed by atoms with Gasteiger partial charge in [-0.2, -0.15) is 0 Å². The molecule has 1 atom stereocenters. The van der Waals surface area contributed by atoms with Crippen LogP contribution in [0.5, 0.6) is 0 Å². The van der Waals surface area contributed by atoms with E-state index >= 15 is 0 Å². The van der Waals surface area contributed by atoms with Gasteiger partial charge in [0.25, 0.3) is 5.91 Å². The van der Waals surface area contributed by atoms with E-state index in [9.17, 15) is 9.90 Å². The zero-order valence-electron chi connectivity index (χ0n) is 18.1. The number of pyridine rings is 1. The van der Waals surface area contributed by atoms with Gasteiger partial charge in [-0.05, 0) is 59.0 Å². The second-order valence-corrected chi connectivity index (χ2v) is 9.04. The van der Waals surface area contributed by atoms with Crippen LogP contribution in [0.1, 0.15) is 23.2 Å².